The maximum atomic E-state index is 10.9. The quantitative estimate of drug-likeness (QED) is 0.649. The minimum absolute atomic E-state index is 0.342. The average Bonchev–Trinajstić information content (AvgIpc) is 3.57. The first-order valence-corrected chi connectivity index (χ1v) is 9.47. The maximum absolute atomic E-state index is 10.9. The highest BCUT2D eigenvalue weighted by molar-refractivity contribution is 5.87. The number of aromatic carboxylic acids is 1. The molecule has 0 spiro atoms. The van der Waals surface area contributed by atoms with E-state index in [9.17, 15) is 4.79 Å². The van der Waals surface area contributed by atoms with Gasteiger partial charge in [0.15, 0.2) is 0 Å². The fourth-order valence-electron chi connectivity index (χ4n) is 3.67. The van der Waals surface area contributed by atoms with Crippen LogP contribution < -0.4 is 10.6 Å². The summed E-state index contributed by atoms with van der Waals surface area (Å²) < 4.78 is 0. The average molecular weight is 350 g/mol. The third-order valence-electron chi connectivity index (χ3n) is 5.74. The lowest BCUT2D eigenvalue weighted by atomic mass is 10.1. The summed E-state index contributed by atoms with van der Waals surface area (Å²) in [5.74, 6) is -0.186. The summed E-state index contributed by atoms with van der Waals surface area (Å²) in [6.45, 7) is 2.90. The van der Waals surface area contributed by atoms with Gasteiger partial charge in [-0.15, -0.1) is 0 Å². The highest BCUT2D eigenvalue weighted by Gasteiger charge is 2.45. The van der Waals surface area contributed by atoms with E-state index in [1.54, 1.807) is 12.1 Å². The summed E-state index contributed by atoms with van der Waals surface area (Å²) in [6, 6.07) is 18.6. The number of carbonyl (C=O) groups is 1. The van der Waals surface area contributed by atoms with Crippen molar-refractivity contribution in [2.24, 2.45) is 5.41 Å². The molecule has 26 heavy (non-hydrogen) atoms. The van der Waals surface area contributed by atoms with Gasteiger partial charge in [0.1, 0.15) is 0 Å². The molecule has 0 saturated heterocycles. The van der Waals surface area contributed by atoms with Crippen LogP contribution in [0.2, 0.25) is 0 Å². The zero-order valence-corrected chi connectivity index (χ0v) is 14.9. The number of hydrogen-bond acceptors (Lipinski definition) is 3. The van der Waals surface area contributed by atoms with E-state index in [1.165, 1.54) is 24.8 Å². The molecule has 136 valence electrons. The van der Waals surface area contributed by atoms with E-state index in [-0.39, 0.29) is 0 Å². The van der Waals surface area contributed by atoms with Crippen molar-refractivity contribution in [1.82, 2.24) is 10.6 Å². The first-order valence-electron chi connectivity index (χ1n) is 9.47. The van der Waals surface area contributed by atoms with Crippen molar-refractivity contribution in [2.45, 2.75) is 37.8 Å². The smallest absolute Gasteiger partial charge is 0.335 e. The monoisotopic (exact) mass is 350 g/mol. The second-order valence-corrected chi connectivity index (χ2v) is 7.85. The van der Waals surface area contributed by atoms with E-state index in [1.807, 2.05) is 12.1 Å². The molecule has 0 bridgehead atoms. The summed E-state index contributed by atoms with van der Waals surface area (Å²) >= 11 is 0. The Morgan fingerprint density at radius 1 is 1.04 bits per heavy atom. The number of rotatable bonds is 9. The zero-order valence-electron chi connectivity index (χ0n) is 14.9. The van der Waals surface area contributed by atoms with Crippen LogP contribution in [0.5, 0.6) is 0 Å². The van der Waals surface area contributed by atoms with Crippen molar-refractivity contribution in [3.8, 4) is 0 Å². The molecule has 2 atom stereocenters. The minimum Gasteiger partial charge on any atom is -0.478 e. The second-order valence-electron chi connectivity index (χ2n) is 7.85. The number of nitrogens with one attached hydrogen (secondary N) is 2. The van der Waals surface area contributed by atoms with Gasteiger partial charge >= 0.3 is 5.97 Å². The topological polar surface area (TPSA) is 61.4 Å². The Labute approximate surface area is 154 Å². The van der Waals surface area contributed by atoms with Crippen LogP contribution in [-0.2, 0) is 6.54 Å². The number of carboxylic acid groups (broad SMARTS) is 1. The molecule has 2 aliphatic carbocycles. The van der Waals surface area contributed by atoms with Gasteiger partial charge in [0.25, 0.3) is 0 Å². The van der Waals surface area contributed by atoms with Crippen molar-refractivity contribution < 1.29 is 9.90 Å². The van der Waals surface area contributed by atoms with Crippen LogP contribution in [-0.4, -0.2) is 30.2 Å². The van der Waals surface area contributed by atoms with Crippen LogP contribution in [0.1, 0.15) is 46.7 Å². The van der Waals surface area contributed by atoms with E-state index in [2.05, 4.69) is 41.0 Å². The van der Waals surface area contributed by atoms with Crippen molar-refractivity contribution in [2.75, 3.05) is 13.1 Å². The van der Waals surface area contributed by atoms with E-state index in [0.717, 1.165) is 25.2 Å². The molecule has 2 unspecified atom stereocenters. The largest absolute Gasteiger partial charge is 0.478 e. The number of benzene rings is 2. The third kappa shape index (κ3) is 4.14. The van der Waals surface area contributed by atoms with Gasteiger partial charge in [-0.2, -0.15) is 0 Å². The molecule has 2 aromatic carbocycles. The molecule has 4 nitrogen and oxygen atoms in total. The molecule has 2 aliphatic rings. The van der Waals surface area contributed by atoms with Gasteiger partial charge in [-0.25, -0.2) is 4.79 Å². The van der Waals surface area contributed by atoms with Gasteiger partial charge in [0, 0.05) is 31.6 Å². The fraction of sp³-hybridized carbons (Fsp3) is 0.409. The van der Waals surface area contributed by atoms with Gasteiger partial charge in [-0.1, -0.05) is 42.5 Å². The van der Waals surface area contributed by atoms with Crippen molar-refractivity contribution in [3.05, 3.63) is 71.3 Å². The number of hydrogen-bond donors (Lipinski definition) is 3. The van der Waals surface area contributed by atoms with E-state index < -0.39 is 5.97 Å². The van der Waals surface area contributed by atoms with Gasteiger partial charge in [-0.05, 0) is 47.9 Å². The molecule has 0 radical (unpaired) electrons. The van der Waals surface area contributed by atoms with Gasteiger partial charge in [-0.3, -0.25) is 0 Å². The third-order valence-corrected chi connectivity index (χ3v) is 5.74. The van der Waals surface area contributed by atoms with Crippen LogP contribution in [0.25, 0.3) is 0 Å². The van der Waals surface area contributed by atoms with E-state index >= 15 is 0 Å². The van der Waals surface area contributed by atoms with Crippen molar-refractivity contribution in [1.29, 1.82) is 0 Å². The molecule has 0 heterocycles. The molecule has 0 aromatic heterocycles. The van der Waals surface area contributed by atoms with Crippen LogP contribution in [0.3, 0.4) is 0 Å². The van der Waals surface area contributed by atoms with Crippen LogP contribution in [0.4, 0.5) is 0 Å². The minimum atomic E-state index is -0.874. The Morgan fingerprint density at radius 2 is 1.77 bits per heavy atom. The lowest BCUT2D eigenvalue weighted by Crippen LogP contribution is -2.34. The second kappa shape index (κ2) is 7.22. The lowest BCUT2D eigenvalue weighted by Gasteiger charge is -2.17. The highest BCUT2D eigenvalue weighted by Crippen LogP contribution is 2.46. The van der Waals surface area contributed by atoms with Crippen LogP contribution >= 0.6 is 0 Å². The molecule has 0 amide bonds. The Hall–Kier alpha value is -2.17. The van der Waals surface area contributed by atoms with Crippen molar-refractivity contribution >= 4 is 5.97 Å². The molecular formula is C22H26N2O2. The summed E-state index contributed by atoms with van der Waals surface area (Å²) in [6.07, 6.45) is 3.82. The maximum Gasteiger partial charge on any atom is 0.335 e. The standard InChI is InChI=1S/C22H26N2O2/c25-21(26)18-8-6-16(7-9-18)13-23-14-22(10-11-22)15-24-20-12-19(20)17-4-2-1-3-5-17/h1-9,19-20,23-24H,10-15H2,(H,25,26). The van der Waals surface area contributed by atoms with Crippen LogP contribution in [0, 0.1) is 5.41 Å². The molecule has 3 N–H and O–H groups in total. The molecule has 4 heteroatoms. The molecule has 4 rings (SSSR count). The normalized spacial score (nSPS) is 22.8. The summed E-state index contributed by atoms with van der Waals surface area (Å²) in [5, 5.41) is 16.3. The Bertz CT molecular complexity index is 753. The predicted molar refractivity (Wildman–Crippen MR) is 102 cm³/mol. The van der Waals surface area contributed by atoms with E-state index in [4.69, 9.17) is 5.11 Å². The zero-order chi connectivity index (χ0) is 18.0. The fourth-order valence-corrected chi connectivity index (χ4v) is 3.67. The lowest BCUT2D eigenvalue weighted by molar-refractivity contribution is 0.0697. The van der Waals surface area contributed by atoms with Gasteiger partial charge < -0.3 is 15.7 Å². The van der Waals surface area contributed by atoms with Gasteiger partial charge in [0.05, 0.1) is 5.56 Å². The Kier molecular flexibility index (Phi) is 4.79. The molecule has 2 aromatic rings. The first-order chi connectivity index (χ1) is 12.7. The first kappa shape index (κ1) is 17.3. The molecule has 2 saturated carbocycles. The molecule has 0 aliphatic heterocycles. The SMILES string of the molecule is O=C(O)c1ccc(CNCC2(CNC3CC3c3ccccc3)CC2)cc1. The predicted octanol–water partition coefficient (Wildman–Crippen LogP) is 3.40. The number of carboxylic acids is 1. The highest BCUT2D eigenvalue weighted by atomic mass is 16.4. The molecular weight excluding hydrogens is 324 g/mol. The van der Waals surface area contributed by atoms with Crippen molar-refractivity contribution in [3.63, 3.8) is 0 Å². The molecule has 2 fully saturated rings. The van der Waals surface area contributed by atoms with Crippen LogP contribution in [0.15, 0.2) is 54.6 Å². The summed E-state index contributed by atoms with van der Waals surface area (Å²) in [4.78, 5) is 10.9. The van der Waals surface area contributed by atoms with Gasteiger partial charge in [0.2, 0.25) is 0 Å². The van der Waals surface area contributed by atoms with E-state index in [0.29, 0.717) is 22.9 Å². The summed E-state index contributed by atoms with van der Waals surface area (Å²) in [7, 11) is 0. The Morgan fingerprint density at radius 3 is 2.42 bits per heavy atom. The summed E-state index contributed by atoms with van der Waals surface area (Å²) in [5.41, 5.74) is 3.34. The Balaban J connectivity index is 1.19.